The Balaban J connectivity index is 2.83. The smallest absolute Gasteiger partial charge is 0.369 e. The molecule has 0 saturated carbocycles. The summed E-state index contributed by atoms with van der Waals surface area (Å²) in [6.45, 7) is 5.80. The number of esters is 1. The minimum Gasteiger partial charge on any atom is -0.461 e. The molecule has 1 aromatic carbocycles. The summed E-state index contributed by atoms with van der Waals surface area (Å²) in [6.07, 6.45) is 0. The van der Waals surface area contributed by atoms with Gasteiger partial charge in [-0.15, -0.1) is 0 Å². The van der Waals surface area contributed by atoms with Gasteiger partial charge in [-0.3, -0.25) is 5.43 Å². The number of rotatable bonds is 4. The molecule has 0 aliphatic carbocycles. The van der Waals surface area contributed by atoms with Crippen LogP contribution in [0.4, 0.5) is 5.69 Å². The number of nitrogens with one attached hydrogen (secondary N) is 1. The van der Waals surface area contributed by atoms with Crippen LogP contribution in [0.15, 0.2) is 23.3 Å². The van der Waals surface area contributed by atoms with E-state index in [9.17, 15) is 4.79 Å². The van der Waals surface area contributed by atoms with Gasteiger partial charge in [-0.25, -0.2) is 4.79 Å². The standard InChI is InChI=1S/C13H15N3O2/c1-4-18-13(17)12(8-14)16-15-11-6-9(2)5-10(3)7-11/h5-7,15H,4H2,1-3H3. The first-order valence-electron chi connectivity index (χ1n) is 5.56. The molecule has 1 N–H and O–H groups in total. The molecule has 0 saturated heterocycles. The van der Waals surface area contributed by atoms with Crippen molar-refractivity contribution in [1.82, 2.24) is 0 Å². The van der Waals surface area contributed by atoms with Gasteiger partial charge >= 0.3 is 5.97 Å². The molecule has 0 spiro atoms. The van der Waals surface area contributed by atoms with Crippen molar-refractivity contribution in [3.63, 3.8) is 0 Å². The SMILES string of the molecule is CCOC(=O)C(C#N)=NNc1cc(C)cc(C)c1. The number of aryl methyl sites for hydroxylation is 2. The van der Waals surface area contributed by atoms with E-state index in [-0.39, 0.29) is 12.3 Å². The van der Waals surface area contributed by atoms with Crippen LogP contribution in [0.1, 0.15) is 18.1 Å². The number of hydrazone groups is 1. The van der Waals surface area contributed by atoms with Crippen LogP contribution in [0.5, 0.6) is 0 Å². The summed E-state index contributed by atoms with van der Waals surface area (Å²) in [7, 11) is 0. The third-order valence-electron chi connectivity index (χ3n) is 2.09. The summed E-state index contributed by atoms with van der Waals surface area (Å²) in [5.41, 5.74) is 5.26. The van der Waals surface area contributed by atoms with E-state index in [1.807, 2.05) is 32.0 Å². The molecule has 0 fully saturated rings. The minimum atomic E-state index is -0.725. The zero-order valence-corrected chi connectivity index (χ0v) is 10.7. The fraction of sp³-hybridized carbons (Fsp3) is 0.308. The Hall–Kier alpha value is -2.35. The van der Waals surface area contributed by atoms with Crippen LogP contribution in [0.3, 0.4) is 0 Å². The summed E-state index contributed by atoms with van der Waals surface area (Å²) < 4.78 is 4.70. The Kier molecular flexibility index (Phi) is 4.88. The quantitative estimate of drug-likeness (QED) is 0.501. The van der Waals surface area contributed by atoms with E-state index < -0.39 is 5.97 Å². The molecular weight excluding hydrogens is 230 g/mol. The lowest BCUT2D eigenvalue weighted by Gasteiger charge is -2.04. The van der Waals surface area contributed by atoms with Crippen LogP contribution < -0.4 is 5.43 Å². The van der Waals surface area contributed by atoms with Gasteiger partial charge < -0.3 is 4.74 Å². The Morgan fingerprint density at radius 3 is 2.50 bits per heavy atom. The summed E-state index contributed by atoms with van der Waals surface area (Å²) in [5, 5.41) is 12.5. The molecule has 94 valence electrons. The zero-order valence-electron chi connectivity index (χ0n) is 10.7. The largest absolute Gasteiger partial charge is 0.461 e. The van der Waals surface area contributed by atoms with Crippen LogP contribution >= 0.6 is 0 Å². The van der Waals surface area contributed by atoms with Crippen molar-refractivity contribution in [3.8, 4) is 6.07 Å². The maximum atomic E-state index is 11.3. The Morgan fingerprint density at radius 1 is 1.39 bits per heavy atom. The molecule has 1 aromatic rings. The second-order valence-corrected chi connectivity index (χ2v) is 3.78. The molecule has 5 heteroatoms. The van der Waals surface area contributed by atoms with E-state index in [2.05, 4.69) is 10.5 Å². The van der Waals surface area contributed by atoms with E-state index in [4.69, 9.17) is 10.00 Å². The fourth-order valence-electron chi connectivity index (χ4n) is 1.48. The van der Waals surface area contributed by atoms with E-state index in [1.54, 1.807) is 13.0 Å². The Bertz CT molecular complexity index is 495. The second-order valence-electron chi connectivity index (χ2n) is 3.78. The first kappa shape index (κ1) is 13.7. The van der Waals surface area contributed by atoms with E-state index in [1.165, 1.54) is 0 Å². The zero-order chi connectivity index (χ0) is 13.5. The molecule has 0 aliphatic heterocycles. The number of hydrogen-bond donors (Lipinski definition) is 1. The van der Waals surface area contributed by atoms with Gasteiger partial charge in [0.1, 0.15) is 6.07 Å². The van der Waals surface area contributed by atoms with Crippen molar-refractivity contribution >= 4 is 17.4 Å². The summed E-state index contributed by atoms with van der Waals surface area (Å²) in [4.78, 5) is 11.3. The number of carbonyl (C=O) groups is 1. The van der Waals surface area contributed by atoms with Gasteiger partial charge in [0.15, 0.2) is 0 Å². The van der Waals surface area contributed by atoms with Gasteiger partial charge in [-0.1, -0.05) is 6.07 Å². The molecule has 0 amide bonds. The van der Waals surface area contributed by atoms with Crippen LogP contribution in [-0.2, 0) is 9.53 Å². The Labute approximate surface area is 106 Å². The molecule has 18 heavy (non-hydrogen) atoms. The van der Waals surface area contributed by atoms with Gasteiger partial charge in [-0.05, 0) is 44.0 Å². The number of hydrogen-bond acceptors (Lipinski definition) is 5. The first-order valence-corrected chi connectivity index (χ1v) is 5.56. The molecule has 0 bridgehead atoms. The first-order chi connectivity index (χ1) is 8.56. The molecule has 0 aromatic heterocycles. The highest BCUT2D eigenvalue weighted by molar-refractivity contribution is 6.43. The van der Waals surface area contributed by atoms with Crippen LogP contribution in [0.25, 0.3) is 0 Å². The second kappa shape index (κ2) is 6.40. The fourth-order valence-corrected chi connectivity index (χ4v) is 1.48. The van der Waals surface area contributed by atoms with E-state index >= 15 is 0 Å². The van der Waals surface area contributed by atoms with Gasteiger partial charge in [0.25, 0.3) is 0 Å². The lowest BCUT2D eigenvalue weighted by molar-refractivity contribution is -0.134. The number of nitriles is 1. The number of carbonyl (C=O) groups excluding carboxylic acids is 1. The summed E-state index contributed by atoms with van der Waals surface area (Å²) >= 11 is 0. The lowest BCUT2D eigenvalue weighted by Crippen LogP contribution is -2.17. The highest BCUT2D eigenvalue weighted by Crippen LogP contribution is 2.13. The number of benzene rings is 1. The molecule has 5 nitrogen and oxygen atoms in total. The van der Waals surface area contributed by atoms with Crippen molar-refractivity contribution in [2.75, 3.05) is 12.0 Å². The number of anilines is 1. The van der Waals surface area contributed by atoms with Crippen LogP contribution in [-0.4, -0.2) is 18.3 Å². The highest BCUT2D eigenvalue weighted by Gasteiger charge is 2.11. The van der Waals surface area contributed by atoms with E-state index in [0.717, 1.165) is 16.8 Å². The third-order valence-corrected chi connectivity index (χ3v) is 2.09. The predicted octanol–water partition coefficient (Wildman–Crippen LogP) is 2.16. The minimum absolute atomic E-state index is 0.211. The number of nitrogens with zero attached hydrogens (tertiary/aromatic N) is 2. The summed E-state index contributed by atoms with van der Waals surface area (Å²) in [5.74, 6) is -0.725. The highest BCUT2D eigenvalue weighted by atomic mass is 16.5. The monoisotopic (exact) mass is 245 g/mol. The Morgan fingerprint density at radius 2 is 2.00 bits per heavy atom. The van der Waals surface area contributed by atoms with Gasteiger partial charge in [-0.2, -0.15) is 10.4 Å². The molecule has 0 aliphatic rings. The van der Waals surface area contributed by atoms with E-state index in [0.29, 0.717) is 0 Å². The van der Waals surface area contributed by atoms with Crippen LogP contribution in [0, 0.1) is 25.2 Å². The third kappa shape index (κ3) is 3.91. The van der Waals surface area contributed by atoms with Gasteiger partial charge in [0.2, 0.25) is 5.71 Å². The average molecular weight is 245 g/mol. The lowest BCUT2D eigenvalue weighted by atomic mass is 10.1. The number of ether oxygens (including phenoxy) is 1. The van der Waals surface area contributed by atoms with Crippen molar-refractivity contribution < 1.29 is 9.53 Å². The maximum absolute atomic E-state index is 11.3. The van der Waals surface area contributed by atoms with Gasteiger partial charge in [0, 0.05) is 0 Å². The van der Waals surface area contributed by atoms with Crippen molar-refractivity contribution in [1.29, 1.82) is 5.26 Å². The average Bonchev–Trinajstić information content (AvgIpc) is 2.29. The molecule has 0 unspecified atom stereocenters. The van der Waals surface area contributed by atoms with Crippen molar-refractivity contribution in [3.05, 3.63) is 29.3 Å². The van der Waals surface area contributed by atoms with Crippen molar-refractivity contribution in [2.24, 2.45) is 5.10 Å². The normalized spacial score (nSPS) is 10.7. The molecule has 0 atom stereocenters. The molecule has 0 heterocycles. The van der Waals surface area contributed by atoms with Crippen molar-refractivity contribution in [2.45, 2.75) is 20.8 Å². The molecular formula is C13H15N3O2. The summed E-state index contributed by atoms with van der Waals surface area (Å²) in [6, 6.07) is 7.46. The topological polar surface area (TPSA) is 74.5 Å². The molecule has 1 rings (SSSR count). The molecule has 0 radical (unpaired) electrons. The van der Waals surface area contributed by atoms with Gasteiger partial charge in [0.05, 0.1) is 12.3 Å². The van der Waals surface area contributed by atoms with Crippen LogP contribution in [0.2, 0.25) is 0 Å². The predicted molar refractivity (Wildman–Crippen MR) is 69.2 cm³/mol. The maximum Gasteiger partial charge on any atom is 0.369 e.